The lowest BCUT2D eigenvalue weighted by Crippen LogP contribution is -2.42. The van der Waals surface area contributed by atoms with Gasteiger partial charge in [0, 0.05) is 35.3 Å². The molecule has 3 atom stereocenters. The summed E-state index contributed by atoms with van der Waals surface area (Å²) in [4.78, 5) is 0. The zero-order valence-electron chi connectivity index (χ0n) is 10.8. The van der Waals surface area contributed by atoms with Crippen LogP contribution in [0.3, 0.4) is 0 Å². The predicted molar refractivity (Wildman–Crippen MR) is 71.7 cm³/mol. The van der Waals surface area contributed by atoms with Gasteiger partial charge in [0.25, 0.3) is 0 Å². The molecule has 0 spiro atoms. The molecule has 1 heterocycles. The number of nitrogens with one attached hydrogen (secondary N) is 1. The summed E-state index contributed by atoms with van der Waals surface area (Å²) in [6.45, 7) is 4.85. The Morgan fingerprint density at radius 2 is 2.00 bits per heavy atom. The molecule has 1 N–H and O–H groups in total. The second kappa shape index (κ2) is 6.86. The summed E-state index contributed by atoms with van der Waals surface area (Å²) in [7, 11) is -0.658. The first-order valence-electron chi connectivity index (χ1n) is 7.03. The van der Waals surface area contributed by atoms with E-state index in [0.717, 1.165) is 45.4 Å². The summed E-state index contributed by atoms with van der Waals surface area (Å²) in [5.41, 5.74) is 0. The molecule has 0 aromatic rings. The van der Waals surface area contributed by atoms with Crippen LogP contribution in [-0.4, -0.2) is 40.5 Å². The van der Waals surface area contributed by atoms with Gasteiger partial charge >= 0.3 is 0 Å². The van der Waals surface area contributed by atoms with Gasteiger partial charge < -0.3 is 10.1 Å². The van der Waals surface area contributed by atoms with Crippen LogP contribution in [0.1, 0.15) is 45.4 Å². The van der Waals surface area contributed by atoms with Gasteiger partial charge in [-0.25, -0.2) is 0 Å². The fourth-order valence-electron chi connectivity index (χ4n) is 2.92. The normalized spacial score (nSPS) is 32.8. The van der Waals surface area contributed by atoms with E-state index >= 15 is 0 Å². The summed E-state index contributed by atoms with van der Waals surface area (Å²) in [6.07, 6.45) is 6.73. The Balaban J connectivity index is 1.88. The van der Waals surface area contributed by atoms with Gasteiger partial charge in [-0.15, -0.1) is 0 Å². The summed E-state index contributed by atoms with van der Waals surface area (Å²) >= 11 is 0. The van der Waals surface area contributed by atoms with Gasteiger partial charge in [-0.3, -0.25) is 4.21 Å². The van der Waals surface area contributed by atoms with E-state index in [9.17, 15) is 4.21 Å². The number of hydrogen-bond donors (Lipinski definition) is 1. The molecule has 0 bridgehead atoms. The third-order valence-electron chi connectivity index (χ3n) is 3.90. The molecule has 1 aliphatic heterocycles. The van der Waals surface area contributed by atoms with Crippen LogP contribution >= 0.6 is 0 Å². The molecule has 4 heteroatoms. The SMILES string of the molecule is CCCNC1CCCC1S(=O)C1CCOCC1. The van der Waals surface area contributed by atoms with Crippen molar-refractivity contribution in [3.05, 3.63) is 0 Å². The van der Waals surface area contributed by atoms with E-state index in [2.05, 4.69) is 12.2 Å². The lowest BCUT2D eigenvalue weighted by Gasteiger charge is -2.27. The topological polar surface area (TPSA) is 38.3 Å². The first kappa shape index (κ1) is 13.5. The van der Waals surface area contributed by atoms with Gasteiger partial charge in [0.2, 0.25) is 0 Å². The van der Waals surface area contributed by atoms with Crippen molar-refractivity contribution in [3.8, 4) is 0 Å². The van der Waals surface area contributed by atoms with Crippen LogP contribution in [0, 0.1) is 0 Å². The zero-order valence-corrected chi connectivity index (χ0v) is 11.6. The van der Waals surface area contributed by atoms with Crippen LogP contribution in [0.4, 0.5) is 0 Å². The van der Waals surface area contributed by atoms with Crippen molar-refractivity contribution in [2.75, 3.05) is 19.8 Å². The Bertz CT molecular complexity index is 254. The molecular formula is C13H25NO2S. The maximum absolute atomic E-state index is 12.6. The van der Waals surface area contributed by atoms with Crippen LogP contribution in [0.25, 0.3) is 0 Å². The van der Waals surface area contributed by atoms with Crippen LogP contribution in [0.5, 0.6) is 0 Å². The standard InChI is InChI=1S/C13H25NO2S/c1-2-8-14-12-4-3-5-13(12)17(15)11-6-9-16-10-7-11/h11-14H,2-10H2,1H3. The minimum atomic E-state index is -0.658. The Morgan fingerprint density at radius 3 is 2.71 bits per heavy atom. The van der Waals surface area contributed by atoms with Gasteiger partial charge in [-0.2, -0.15) is 0 Å². The van der Waals surface area contributed by atoms with Crippen LogP contribution in [0.15, 0.2) is 0 Å². The van der Waals surface area contributed by atoms with Gasteiger partial charge in [-0.1, -0.05) is 13.3 Å². The van der Waals surface area contributed by atoms with E-state index < -0.39 is 10.8 Å². The Hall–Kier alpha value is 0.0700. The Kier molecular flexibility index (Phi) is 5.45. The van der Waals surface area contributed by atoms with E-state index in [1.165, 1.54) is 12.8 Å². The quantitative estimate of drug-likeness (QED) is 0.818. The largest absolute Gasteiger partial charge is 0.381 e. The molecular weight excluding hydrogens is 234 g/mol. The maximum atomic E-state index is 12.6. The van der Waals surface area contributed by atoms with Crippen molar-refractivity contribution in [2.45, 2.75) is 62.0 Å². The smallest absolute Gasteiger partial charge is 0.0504 e. The lowest BCUT2D eigenvalue weighted by molar-refractivity contribution is 0.0990. The summed E-state index contributed by atoms with van der Waals surface area (Å²) in [6, 6.07) is 0.499. The van der Waals surface area contributed by atoms with Crippen molar-refractivity contribution in [2.24, 2.45) is 0 Å². The summed E-state index contributed by atoms with van der Waals surface area (Å²) in [5, 5.41) is 4.36. The highest BCUT2D eigenvalue weighted by Gasteiger charge is 2.35. The molecule has 0 aromatic heterocycles. The van der Waals surface area contributed by atoms with Gasteiger partial charge in [0.1, 0.15) is 0 Å². The number of ether oxygens (including phenoxy) is 1. The fraction of sp³-hybridized carbons (Fsp3) is 1.00. The zero-order chi connectivity index (χ0) is 12.1. The number of rotatable bonds is 5. The monoisotopic (exact) mass is 259 g/mol. The molecule has 0 aromatic carbocycles. The Morgan fingerprint density at radius 1 is 1.24 bits per heavy atom. The third kappa shape index (κ3) is 3.52. The van der Waals surface area contributed by atoms with Gasteiger partial charge in [0.05, 0.1) is 5.25 Å². The highest BCUT2D eigenvalue weighted by Crippen LogP contribution is 2.28. The van der Waals surface area contributed by atoms with Crippen molar-refractivity contribution in [3.63, 3.8) is 0 Å². The summed E-state index contributed by atoms with van der Waals surface area (Å²) < 4.78 is 17.9. The fourth-order valence-corrected chi connectivity index (χ4v) is 5.03. The molecule has 1 aliphatic carbocycles. The van der Waals surface area contributed by atoms with Crippen molar-refractivity contribution in [1.82, 2.24) is 5.32 Å². The highest BCUT2D eigenvalue weighted by atomic mass is 32.2. The van der Waals surface area contributed by atoms with Gasteiger partial charge in [0.15, 0.2) is 0 Å². The van der Waals surface area contributed by atoms with E-state index in [1.807, 2.05) is 0 Å². The minimum Gasteiger partial charge on any atom is -0.381 e. The highest BCUT2D eigenvalue weighted by molar-refractivity contribution is 7.86. The molecule has 1 saturated heterocycles. The third-order valence-corrected chi connectivity index (χ3v) is 6.19. The lowest BCUT2D eigenvalue weighted by atomic mass is 10.2. The first-order chi connectivity index (χ1) is 8.33. The second-order valence-corrected chi connectivity index (χ2v) is 7.10. The van der Waals surface area contributed by atoms with Crippen LogP contribution < -0.4 is 5.32 Å². The molecule has 100 valence electrons. The average Bonchev–Trinajstić information content (AvgIpc) is 2.84. The molecule has 1 saturated carbocycles. The molecule has 3 nitrogen and oxygen atoms in total. The molecule has 2 rings (SSSR count). The molecule has 2 fully saturated rings. The molecule has 0 radical (unpaired) electrons. The van der Waals surface area contributed by atoms with E-state index in [0.29, 0.717) is 16.5 Å². The van der Waals surface area contributed by atoms with Crippen molar-refractivity contribution >= 4 is 10.8 Å². The van der Waals surface area contributed by atoms with E-state index in [-0.39, 0.29) is 0 Å². The van der Waals surface area contributed by atoms with E-state index in [1.54, 1.807) is 0 Å². The Labute approximate surface area is 107 Å². The van der Waals surface area contributed by atoms with E-state index in [4.69, 9.17) is 4.74 Å². The van der Waals surface area contributed by atoms with Crippen LogP contribution in [-0.2, 0) is 15.5 Å². The average molecular weight is 259 g/mol. The first-order valence-corrected chi connectivity index (χ1v) is 8.31. The maximum Gasteiger partial charge on any atom is 0.0504 e. The minimum absolute atomic E-state index is 0.387. The molecule has 0 amide bonds. The molecule has 17 heavy (non-hydrogen) atoms. The molecule has 2 aliphatic rings. The predicted octanol–water partition coefficient (Wildman–Crippen LogP) is 1.83. The van der Waals surface area contributed by atoms with Crippen LogP contribution in [0.2, 0.25) is 0 Å². The summed E-state index contributed by atoms with van der Waals surface area (Å²) in [5.74, 6) is 0. The second-order valence-electron chi connectivity index (χ2n) is 5.17. The van der Waals surface area contributed by atoms with Crippen molar-refractivity contribution in [1.29, 1.82) is 0 Å². The number of hydrogen-bond acceptors (Lipinski definition) is 3. The molecule has 3 unspecified atom stereocenters. The van der Waals surface area contributed by atoms with Gasteiger partial charge in [-0.05, 0) is 38.6 Å². The van der Waals surface area contributed by atoms with Crippen molar-refractivity contribution < 1.29 is 8.95 Å².